The molecule has 42 heavy (non-hydrogen) atoms. The Morgan fingerprint density at radius 3 is 2.79 bits per heavy atom. The minimum atomic E-state index is -2.00. The topological polar surface area (TPSA) is 119 Å². The second-order valence-electron chi connectivity index (χ2n) is 13.7. The zero-order valence-electron chi connectivity index (χ0n) is 25.1. The van der Waals surface area contributed by atoms with Crippen LogP contribution in [0.4, 0.5) is 0 Å². The highest BCUT2D eigenvalue weighted by atomic mass is 16.7. The maximum Gasteiger partial charge on any atom is 0.281 e. The van der Waals surface area contributed by atoms with Crippen LogP contribution in [0.3, 0.4) is 0 Å². The number of aromatic amines is 1. The van der Waals surface area contributed by atoms with Crippen molar-refractivity contribution in [2.45, 2.75) is 83.1 Å². The Bertz CT molecular complexity index is 1510. The number of likely N-dealkylation sites (N-methyl/N-ethyl adjacent to an activating group) is 1. The summed E-state index contributed by atoms with van der Waals surface area (Å²) in [5.74, 6) is -3.88. The maximum absolute atomic E-state index is 14.4. The summed E-state index contributed by atoms with van der Waals surface area (Å²) in [6, 6.07) is 4.96. The number of benzene rings is 1. The molecule has 10 heteroatoms. The maximum atomic E-state index is 14.4. The number of H-pyrrole nitrogens is 1. The average molecular weight is 577 g/mol. The summed E-state index contributed by atoms with van der Waals surface area (Å²) in [5.41, 5.74) is 2.89. The third-order valence-corrected chi connectivity index (χ3v) is 10.3. The van der Waals surface area contributed by atoms with Crippen LogP contribution in [0.5, 0.6) is 0 Å². The number of amides is 3. The van der Waals surface area contributed by atoms with E-state index >= 15 is 0 Å². The van der Waals surface area contributed by atoms with Crippen molar-refractivity contribution in [1.82, 2.24) is 20.1 Å². The fourth-order valence-electron chi connectivity index (χ4n) is 8.24. The molecule has 10 nitrogen and oxygen atoms in total. The van der Waals surface area contributed by atoms with E-state index in [2.05, 4.69) is 41.8 Å². The average Bonchev–Trinajstić information content (AvgIpc) is 3.65. The van der Waals surface area contributed by atoms with Gasteiger partial charge in [0.2, 0.25) is 17.5 Å². The second kappa shape index (κ2) is 9.39. The van der Waals surface area contributed by atoms with Crippen LogP contribution in [-0.4, -0.2) is 87.5 Å². The molecule has 3 saturated heterocycles. The van der Waals surface area contributed by atoms with Crippen molar-refractivity contribution in [1.29, 1.82) is 0 Å². The van der Waals surface area contributed by atoms with Crippen molar-refractivity contribution >= 4 is 34.2 Å². The third kappa shape index (κ3) is 3.70. The largest absolute Gasteiger partial charge is 0.361 e. The van der Waals surface area contributed by atoms with Crippen LogP contribution in [0, 0.1) is 17.8 Å². The van der Waals surface area contributed by atoms with Crippen molar-refractivity contribution < 1.29 is 29.1 Å². The molecule has 4 N–H and O–H groups in total. The molecule has 2 aromatic rings. The number of hydrogen-bond acceptors (Lipinski definition) is 5. The van der Waals surface area contributed by atoms with E-state index in [1.807, 2.05) is 33.8 Å². The van der Waals surface area contributed by atoms with E-state index < -0.39 is 41.5 Å². The molecule has 1 unspecified atom stereocenters. The monoisotopic (exact) mass is 576 g/mol. The van der Waals surface area contributed by atoms with Gasteiger partial charge in [0.05, 0.1) is 13.6 Å². The first-order valence-corrected chi connectivity index (χ1v) is 15.5. The fraction of sp³-hybridized carbons (Fsp3) is 0.594. The number of aliphatic hydroxyl groups is 1. The number of nitrogens with one attached hydrogen (secondary N) is 3. The summed E-state index contributed by atoms with van der Waals surface area (Å²) >= 11 is 0. The van der Waals surface area contributed by atoms with E-state index in [0.717, 1.165) is 29.5 Å². The quantitative estimate of drug-likeness (QED) is 0.424. The molecule has 7 atom stereocenters. The van der Waals surface area contributed by atoms with Gasteiger partial charge in [0.15, 0.2) is 0 Å². The summed E-state index contributed by atoms with van der Waals surface area (Å²) in [6.07, 6.45) is 6.70. The molecule has 1 aromatic heterocycles. The van der Waals surface area contributed by atoms with Gasteiger partial charge in [0.25, 0.3) is 11.8 Å². The van der Waals surface area contributed by atoms with Gasteiger partial charge in [-0.15, -0.1) is 0 Å². The summed E-state index contributed by atoms with van der Waals surface area (Å²) in [4.78, 5) is 49.7. The van der Waals surface area contributed by atoms with E-state index in [0.29, 0.717) is 25.9 Å². The van der Waals surface area contributed by atoms with Gasteiger partial charge >= 0.3 is 0 Å². The molecule has 0 bridgehead atoms. The Kier molecular flexibility index (Phi) is 6.18. The number of rotatable bonds is 5. The first-order chi connectivity index (χ1) is 20.0. The lowest BCUT2D eigenvalue weighted by atomic mass is 9.79. The van der Waals surface area contributed by atoms with Crippen LogP contribution in [-0.2, 0) is 25.5 Å². The van der Waals surface area contributed by atoms with E-state index in [-0.39, 0.29) is 23.8 Å². The summed E-state index contributed by atoms with van der Waals surface area (Å²) < 4.78 is 6.44. The van der Waals surface area contributed by atoms with E-state index in [1.54, 1.807) is 4.90 Å². The van der Waals surface area contributed by atoms with Crippen LogP contribution < -0.4 is 10.2 Å². The Morgan fingerprint density at radius 2 is 2.05 bits per heavy atom. The SMILES string of the molecule is CC(C)C[C@@H]1C(=O)N2CCC[C@H]2[C@@]2(O)O[C@@](NC(=O)[C@H]3C=C4c5cccc6[nH]cc(c56)C[C@H]4[NH+](C)C3)(C(C)C)C(=O)N12. The highest BCUT2D eigenvalue weighted by Gasteiger charge is 2.72. The lowest BCUT2D eigenvalue weighted by Gasteiger charge is -2.49. The molecule has 1 aromatic carbocycles. The number of piperazine rings is 1. The zero-order valence-corrected chi connectivity index (χ0v) is 25.1. The molecule has 7 rings (SSSR count). The fourth-order valence-corrected chi connectivity index (χ4v) is 8.24. The smallest absolute Gasteiger partial charge is 0.281 e. The number of quaternary nitrogens is 1. The van der Waals surface area contributed by atoms with Crippen molar-refractivity contribution in [3.63, 3.8) is 0 Å². The van der Waals surface area contributed by atoms with E-state index in [4.69, 9.17) is 4.74 Å². The molecular weight excluding hydrogens is 534 g/mol. The number of fused-ring (bicyclic) bond motifs is 5. The third-order valence-electron chi connectivity index (χ3n) is 10.3. The number of carbonyl (C=O) groups excluding carboxylic acids is 3. The van der Waals surface area contributed by atoms with Crippen LogP contribution >= 0.6 is 0 Å². The first kappa shape index (κ1) is 27.6. The zero-order chi connectivity index (χ0) is 29.7. The Hall–Kier alpha value is -3.21. The van der Waals surface area contributed by atoms with Gasteiger partial charge in [-0.2, -0.15) is 0 Å². The van der Waals surface area contributed by atoms with E-state index in [9.17, 15) is 19.5 Å². The summed E-state index contributed by atoms with van der Waals surface area (Å²) in [5, 5.41) is 16.4. The molecule has 4 aliphatic heterocycles. The number of hydrogen-bond donors (Lipinski definition) is 4. The first-order valence-electron chi connectivity index (χ1n) is 15.5. The Balaban J connectivity index is 1.24. The van der Waals surface area contributed by atoms with Crippen molar-refractivity contribution in [3.8, 4) is 0 Å². The minimum Gasteiger partial charge on any atom is -0.361 e. The van der Waals surface area contributed by atoms with Crippen molar-refractivity contribution in [2.24, 2.45) is 17.8 Å². The lowest BCUT2D eigenvalue weighted by molar-refractivity contribution is -0.900. The second-order valence-corrected chi connectivity index (χ2v) is 13.7. The molecule has 0 saturated carbocycles. The number of aromatic nitrogens is 1. The number of carbonyl (C=O) groups is 3. The highest BCUT2D eigenvalue weighted by Crippen LogP contribution is 2.48. The molecular formula is C32H42N5O5+. The van der Waals surface area contributed by atoms with Gasteiger partial charge < -0.3 is 25.2 Å². The highest BCUT2D eigenvalue weighted by molar-refractivity contribution is 6.00. The molecule has 0 radical (unpaired) electrons. The van der Waals surface area contributed by atoms with Crippen LogP contribution in [0.15, 0.2) is 30.5 Å². The standard InChI is InChI=1S/C32H41N5O5/c1-17(2)12-25-29(39)36-11-7-10-26(36)32(41)37(25)30(40)31(42-32,18(3)4)34-28(38)20-13-22-21-8-6-9-23-27(21)19(15-33-23)14-24(22)35(5)16-20/h6,8-9,13,15,17-18,20,24-26,33,41H,7,10-12,14,16H2,1-5H3,(H,34,38)/p+1/t20-,24+,25+,26-,31-,32+/m0/s1. The number of ether oxygens (including phenoxy) is 1. The molecule has 3 amide bonds. The number of nitrogens with zero attached hydrogens (tertiary/aromatic N) is 2. The van der Waals surface area contributed by atoms with Gasteiger partial charge in [-0.25, -0.2) is 0 Å². The van der Waals surface area contributed by atoms with Crippen molar-refractivity contribution in [2.75, 3.05) is 20.1 Å². The van der Waals surface area contributed by atoms with Crippen LogP contribution in [0.2, 0.25) is 0 Å². The minimum absolute atomic E-state index is 0.111. The van der Waals surface area contributed by atoms with Gasteiger partial charge in [-0.05, 0) is 42.4 Å². The summed E-state index contributed by atoms with van der Waals surface area (Å²) in [6.45, 7) is 8.70. The van der Waals surface area contributed by atoms with Gasteiger partial charge in [0.1, 0.15) is 24.0 Å². The van der Waals surface area contributed by atoms with Crippen LogP contribution in [0.25, 0.3) is 16.5 Å². The summed E-state index contributed by atoms with van der Waals surface area (Å²) in [7, 11) is 2.12. The molecule has 224 valence electrons. The van der Waals surface area contributed by atoms with Gasteiger partial charge in [0, 0.05) is 41.6 Å². The van der Waals surface area contributed by atoms with Gasteiger partial charge in [-0.1, -0.05) is 45.9 Å². The predicted molar refractivity (Wildman–Crippen MR) is 156 cm³/mol. The predicted octanol–water partition coefficient (Wildman–Crippen LogP) is 1.01. The van der Waals surface area contributed by atoms with E-state index in [1.165, 1.54) is 20.7 Å². The lowest BCUT2D eigenvalue weighted by Crippen LogP contribution is -3.15. The molecule has 1 aliphatic carbocycles. The Morgan fingerprint density at radius 1 is 1.26 bits per heavy atom. The Labute approximate surface area is 246 Å². The van der Waals surface area contributed by atoms with Gasteiger partial charge in [-0.3, -0.25) is 24.0 Å². The van der Waals surface area contributed by atoms with Crippen LogP contribution in [0.1, 0.15) is 58.1 Å². The molecule has 3 fully saturated rings. The molecule has 5 heterocycles. The normalized spacial score (nSPS) is 35.5. The molecule has 5 aliphatic rings. The van der Waals surface area contributed by atoms with Crippen molar-refractivity contribution in [3.05, 3.63) is 41.6 Å². The molecule has 0 spiro atoms.